The molecule has 1 atom stereocenters. The van der Waals surface area contributed by atoms with Gasteiger partial charge in [-0.3, -0.25) is 9.69 Å². The average molecular weight is 469 g/mol. The van der Waals surface area contributed by atoms with Gasteiger partial charge in [-0.15, -0.1) is 17.1 Å². The first kappa shape index (κ1) is 22.9. The van der Waals surface area contributed by atoms with E-state index in [4.69, 9.17) is 11.6 Å². The molecule has 0 radical (unpaired) electrons. The average Bonchev–Trinajstić information content (AvgIpc) is 3.12. The van der Waals surface area contributed by atoms with Gasteiger partial charge in [-0.25, -0.2) is 9.97 Å². The highest BCUT2D eigenvalue weighted by atomic mass is 35.5. The van der Waals surface area contributed by atoms with E-state index in [0.717, 1.165) is 56.1 Å². The Hall–Kier alpha value is -2.24. The Labute approximate surface area is 198 Å². The number of aromatic nitrogens is 2. The molecule has 1 fully saturated rings. The van der Waals surface area contributed by atoms with Crippen LogP contribution in [0.3, 0.4) is 0 Å². The number of aryl methyl sites for hydroxylation is 1. The Morgan fingerprint density at radius 1 is 1.25 bits per heavy atom. The molecule has 0 saturated carbocycles. The third-order valence-corrected chi connectivity index (χ3v) is 7.60. The molecule has 1 aliphatic heterocycles. The number of anilines is 1. The minimum absolute atomic E-state index is 0.129. The second-order valence-electron chi connectivity index (χ2n) is 8.28. The van der Waals surface area contributed by atoms with Crippen molar-refractivity contribution >= 4 is 44.8 Å². The fourth-order valence-electron chi connectivity index (χ4n) is 4.22. The van der Waals surface area contributed by atoms with E-state index in [0.29, 0.717) is 23.1 Å². The minimum atomic E-state index is 0.129. The van der Waals surface area contributed by atoms with Crippen LogP contribution in [0.15, 0.2) is 53.0 Å². The largest absolute Gasteiger partial charge is 0.353 e. The summed E-state index contributed by atoms with van der Waals surface area (Å²) >= 11 is 7.74. The van der Waals surface area contributed by atoms with Crippen molar-refractivity contribution in [2.75, 3.05) is 31.1 Å². The summed E-state index contributed by atoms with van der Waals surface area (Å²) in [7, 11) is 0. The van der Waals surface area contributed by atoms with Gasteiger partial charge >= 0.3 is 0 Å². The lowest BCUT2D eigenvalue weighted by Crippen LogP contribution is -2.49. The molecule has 0 amide bonds. The number of thiophene rings is 1. The van der Waals surface area contributed by atoms with E-state index < -0.39 is 0 Å². The summed E-state index contributed by atoms with van der Waals surface area (Å²) in [6, 6.07) is 2.70. The van der Waals surface area contributed by atoms with E-state index in [1.54, 1.807) is 42.0 Å². The SMILES string of the molecule is CCc1cc2c(N3CCN(C(C)CCCC(=O)C4=C=CC=C(Cl)C=C4)CC3)ncnc2s1. The van der Waals surface area contributed by atoms with E-state index in [1.807, 2.05) is 0 Å². The molecule has 1 saturated heterocycles. The van der Waals surface area contributed by atoms with Gasteiger partial charge in [0.05, 0.1) is 11.0 Å². The molecule has 2 aromatic heterocycles. The number of hydrogen-bond donors (Lipinski definition) is 0. The van der Waals surface area contributed by atoms with Crippen molar-refractivity contribution < 1.29 is 4.79 Å². The van der Waals surface area contributed by atoms with Gasteiger partial charge in [-0.1, -0.05) is 18.5 Å². The van der Waals surface area contributed by atoms with Crippen LogP contribution in [0, 0.1) is 0 Å². The number of allylic oxidation sites excluding steroid dienone is 5. The summed E-state index contributed by atoms with van der Waals surface area (Å²) in [4.78, 5) is 28.9. The summed E-state index contributed by atoms with van der Waals surface area (Å²) in [6.07, 6.45) is 12.1. The first-order valence-electron chi connectivity index (χ1n) is 11.3. The van der Waals surface area contributed by atoms with E-state index >= 15 is 0 Å². The van der Waals surface area contributed by atoms with Crippen molar-refractivity contribution in [1.82, 2.24) is 14.9 Å². The molecule has 168 valence electrons. The lowest BCUT2D eigenvalue weighted by Gasteiger charge is -2.38. The standard InChI is InChI=1S/C25H29ClN4OS/c1-3-21-16-22-24(27-17-28-25(22)32-21)30-14-12-29(13-15-30)18(2)6-4-9-23(31)19-7-5-8-20(26)11-10-19/h5,8,10-11,16-18H,3-4,6,9,12-15H2,1-2H3. The number of carbonyl (C=O) groups excluding carboxylic acids is 1. The van der Waals surface area contributed by atoms with Crippen LogP contribution in [0.5, 0.6) is 0 Å². The zero-order valence-corrected chi connectivity index (χ0v) is 20.3. The van der Waals surface area contributed by atoms with Crippen molar-refractivity contribution in [3.8, 4) is 0 Å². The summed E-state index contributed by atoms with van der Waals surface area (Å²) in [5, 5.41) is 1.79. The molecule has 0 bridgehead atoms. The zero-order chi connectivity index (χ0) is 22.5. The molecule has 7 heteroatoms. The van der Waals surface area contributed by atoms with Crippen LogP contribution >= 0.6 is 22.9 Å². The van der Waals surface area contributed by atoms with Gasteiger partial charge in [0.2, 0.25) is 0 Å². The summed E-state index contributed by atoms with van der Waals surface area (Å²) in [5.74, 6) is 1.19. The van der Waals surface area contributed by atoms with Gasteiger partial charge in [0, 0.05) is 48.6 Å². The molecule has 0 aromatic carbocycles. The molecule has 3 heterocycles. The van der Waals surface area contributed by atoms with Gasteiger partial charge in [0.15, 0.2) is 5.78 Å². The molecule has 0 N–H and O–H groups in total. The van der Waals surface area contributed by atoms with Crippen LogP contribution in [0.2, 0.25) is 0 Å². The third kappa shape index (κ3) is 5.38. The van der Waals surface area contributed by atoms with Gasteiger partial charge < -0.3 is 4.90 Å². The molecule has 2 aliphatic rings. The van der Waals surface area contributed by atoms with Crippen LogP contribution < -0.4 is 4.90 Å². The van der Waals surface area contributed by atoms with Crippen LogP contribution in [-0.2, 0) is 11.2 Å². The van der Waals surface area contributed by atoms with Gasteiger partial charge in [0.25, 0.3) is 0 Å². The lowest BCUT2D eigenvalue weighted by molar-refractivity contribution is -0.115. The molecule has 5 nitrogen and oxygen atoms in total. The second-order valence-corrected chi connectivity index (χ2v) is 9.83. The molecule has 1 unspecified atom stereocenters. The van der Waals surface area contributed by atoms with Crippen molar-refractivity contribution in [2.45, 2.75) is 45.6 Å². The molecule has 32 heavy (non-hydrogen) atoms. The highest BCUT2D eigenvalue weighted by Crippen LogP contribution is 2.31. The van der Waals surface area contributed by atoms with Crippen LogP contribution in [-0.4, -0.2) is 52.9 Å². The number of Topliss-reactive ketones (excluding diaryl/α,β-unsaturated/α-hetero) is 1. The van der Waals surface area contributed by atoms with Crippen molar-refractivity contribution in [1.29, 1.82) is 0 Å². The molecule has 2 aromatic rings. The number of hydrogen-bond acceptors (Lipinski definition) is 6. The van der Waals surface area contributed by atoms with Crippen molar-refractivity contribution in [3.05, 3.63) is 57.9 Å². The normalized spacial score (nSPS) is 17.9. The second kappa shape index (κ2) is 10.6. The van der Waals surface area contributed by atoms with E-state index in [1.165, 1.54) is 10.3 Å². The molecule has 0 spiro atoms. The summed E-state index contributed by atoms with van der Waals surface area (Å²) in [5.41, 5.74) is 3.63. The van der Waals surface area contributed by atoms with E-state index in [-0.39, 0.29) is 5.78 Å². The van der Waals surface area contributed by atoms with Gasteiger partial charge in [-0.2, -0.15) is 0 Å². The van der Waals surface area contributed by atoms with Crippen molar-refractivity contribution in [3.63, 3.8) is 0 Å². The first-order valence-corrected chi connectivity index (χ1v) is 12.5. The number of rotatable bonds is 8. The Balaban J connectivity index is 1.27. The maximum Gasteiger partial charge on any atom is 0.170 e. The number of fused-ring (bicyclic) bond motifs is 1. The maximum absolute atomic E-state index is 12.5. The smallest absolute Gasteiger partial charge is 0.170 e. The van der Waals surface area contributed by atoms with Crippen LogP contribution in [0.1, 0.15) is 38.0 Å². The Morgan fingerprint density at radius 2 is 2.06 bits per heavy atom. The highest BCUT2D eigenvalue weighted by Gasteiger charge is 2.23. The number of carbonyl (C=O) groups is 1. The van der Waals surface area contributed by atoms with Gasteiger partial charge in [-0.05, 0) is 56.6 Å². The summed E-state index contributed by atoms with van der Waals surface area (Å²) in [6.45, 7) is 8.38. The maximum atomic E-state index is 12.5. The number of ketones is 1. The molecular weight excluding hydrogens is 440 g/mol. The molecule has 4 rings (SSSR count). The summed E-state index contributed by atoms with van der Waals surface area (Å²) < 4.78 is 0. The molecular formula is C25H29ClN4OS. The predicted octanol–water partition coefficient (Wildman–Crippen LogP) is 5.28. The lowest BCUT2D eigenvalue weighted by atomic mass is 10.0. The Kier molecular flexibility index (Phi) is 7.59. The van der Waals surface area contributed by atoms with E-state index in [9.17, 15) is 4.79 Å². The van der Waals surface area contributed by atoms with E-state index in [2.05, 4.69) is 45.4 Å². The van der Waals surface area contributed by atoms with Crippen LogP contribution in [0.25, 0.3) is 10.2 Å². The number of piperazine rings is 1. The fraction of sp³-hybridized carbons (Fsp3) is 0.440. The fourth-order valence-corrected chi connectivity index (χ4v) is 5.28. The van der Waals surface area contributed by atoms with Gasteiger partial charge in [0.1, 0.15) is 17.0 Å². The highest BCUT2D eigenvalue weighted by molar-refractivity contribution is 7.18. The number of halogens is 1. The first-order chi connectivity index (χ1) is 15.5. The number of nitrogens with zero attached hydrogens (tertiary/aromatic N) is 4. The monoisotopic (exact) mass is 468 g/mol. The Morgan fingerprint density at radius 3 is 2.84 bits per heavy atom. The quantitative estimate of drug-likeness (QED) is 0.493. The minimum Gasteiger partial charge on any atom is -0.353 e. The van der Waals surface area contributed by atoms with Crippen molar-refractivity contribution in [2.24, 2.45) is 0 Å². The third-order valence-electron chi connectivity index (χ3n) is 6.16. The molecule has 1 aliphatic carbocycles. The zero-order valence-electron chi connectivity index (χ0n) is 18.7. The predicted molar refractivity (Wildman–Crippen MR) is 134 cm³/mol. The Bertz CT molecular complexity index is 1100. The van der Waals surface area contributed by atoms with Crippen LogP contribution in [0.4, 0.5) is 5.82 Å². The topological polar surface area (TPSA) is 49.3 Å².